The molecule has 1 N–H and O–H groups in total. The molecule has 0 spiro atoms. The summed E-state index contributed by atoms with van der Waals surface area (Å²) in [6.07, 6.45) is 1.51. The van der Waals surface area contributed by atoms with Crippen molar-refractivity contribution >= 4 is 75.2 Å². The first kappa shape index (κ1) is 25.6. The largest absolute Gasteiger partial charge is 0.325 e. The fourth-order valence-corrected chi connectivity index (χ4v) is 4.45. The maximum atomic E-state index is 14.6. The van der Waals surface area contributed by atoms with E-state index < -0.39 is 11.7 Å². The van der Waals surface area contributed by atoms with Crippen LogP contribution in [-0.2, 0) is 9.59 Å². The molecule has 0 aromatic heterocycles. The molecule has 36 heavy (non-hydrogen) atoms. The number of nitrogens with one attached hydrogen (secondary N) is 1. The van der Waals surface area contributed by atoms with Gasteiger partial charge in [0.05, 0.1) is 21.5 Å². The summed E-state index contributed by atoms with van der Waals surface area (Å²) in [7, 11) is 0. The summed E-state index contributed by atoms with van der Waals surface area (Å²) in [5.41, 5.74) is 1.58. The third-order valence-electron chi connectivity index (χ3n) is 5.06. The molecular formula is C26H18Cl2FN3O3S. The average molecular weight is 542 g/mol. The summed E-state index contributed by atoms with van der Waals surface area (Å²) in [5.74, 6) is -1.78. The Morgan fingerprint density at radius 2 is 1.83 bits per heavy atom. The summed E-state index contributed by atoms with van der Waals surface area (Å²) in [5, 5.41) is 3.53. The first-order chi connectivity index (χ1) is 17.2. The summed E-state index contributed by atoms with van der Waals surface area (Å²) < 4.78 is 14.6. The quantitative estimate of drug-likeness (QED) is 0.287. The SMILES string of the molecule is CC(=O)c1cccc(NC(=O)CSC2=NC(=Cc3ccc(Cl)c(Cl)c3)C(=O)N2c2ccccc2F)c1. The molecule has 10 heteroatoms. The van der Waals surface area contributed by atoms with Gasteiger partial charge in [0.1, 0.15) is 11.5 Å². The fourth-order valence-electron chi connectivity index (χ4n) is 3.34. The molecule has 1 heterocycles. The summed E-state index contributed by atoms with van der Waals surface area (Å²) in [4.78, 5) is 42.9. The van der Waals surface area contributed by atoms with Crippen molar-refractivity contribution in [3.63, 3.8) is 0 Å². The number of halogens is 3. The average Bonchev–Trinajstić information content (AvgIpc) is 3.15. The second-order valence-corrected chi connectivity index (χ2v) is 9.42. The van der Waals surface area contributed by atoms with E-state index in [0.29, 0.717) is 26.9 Å². The summed E-state index contributed by atoms with van der Waals surface area (Å²) in [6.45, 7) is 1.44. The minimum absolute atomic E-state index is 0.0147. The number of carbonyl (C=O) groups is 3. The Labute approximate surface area is 220 Å². The van der Waals surface area contributed by atoms with Gasteiger partial charge in [0.25, 0.3) is 5.91 Å². The molecule has 0 saturated heterocycles. The van der Waals surface area contributed by atoms with E-state index in [1.807, 2.05) is 0 Å². The van der Waals surface area contributed by atoms with E-state index in [1.165, 1.54) is 31.2 Å². The van der Waals surface area contributed by atoms with Crippen LogP contribution in [0.2, 0.25) is 10.0 Å². The standard InChI is InChI=1S/C26H18Cl2FN3O3S/c1-15(33)17-5-4-6-18(13-17)30-24(34)14-36-26-31-22(12-16-9-10-19(27)20(28)11-16)25(35)32(26)23-8-3-2-7-21(23)29/h2-13H,14H2,1H3,(H,30,34). The first-order valence-corrected chi connectivity index (χ1v) is 12.3. The monoisotopic (exact) mass is 541 g/mol. The number of hydrogen-bond donors (Lipinski definition) is 1. The van der Waals surface area contributed by atoms with Crippen molar-refractivity contribution in [2.24, 2.45) is 4.99 Å². The van der Waals surface area contributed by atoms with Crippen LogP contribution < -0.4 is 10.2 Å². The van der Waals surface area contributed by atoms with Crippen molar-refractivity contribution in [1.29, 1.82) is 0 Å². The van der Waals surface area contributed by atoms with Gasteiger partial charge in [-0.15, -0.1) is 0 Å². The Morgan fingerprint density at radius 3 is 2.56 bits per heavy atom. The van der Waals surface area contributed by atoms with Gasteiger partial charge in [0.2, 0.25) is 5.91 Å². The van der Waals surface area contributed by atoms with Crippen LogP contribution in [0.1, 0.15) is 22.8 Å². The van der Waals surface area contributed by atoms with Gasteiger partial charge in [-0.25, -0.2) is 9.38 Å². The number of carbonyl (C=O) groups excluding carboxylic acids is 3. The Balaban J connectivity index is 1.58. The number of hydrogen-bond acceptors (Lipinski definition) is 5. The number of anilines is 2. The van der Waals surface area contributed by atoms with Crippen LogP contribution in [0.3, 0.4) is 0 Å². The van der Waals surface area contributed by atoms with Crippen molar-refractivity contribution in [2.45, 2.75) is 6.92 Å². The van der Waals surface area contributed by atoms with Gasteiger partial charge in [0.15, 0.2) is 11.0 Å². The number of thioether (sulfide) groups is 1. The second kappa shape index (κ2) is 11.1. The summed E-state index contributed by atoms with van der Waals surface area (Å²) >= 11 is 13.0. The van der Waals surface area contributed by atoms with E-state index in [-0.39, 0.29) is 34.0 Å². The molecule has 0 bridgehead atoms. The molecule has 0 atom stereocenters. The van der Waals surface area contributed by atoms with E-state index in [2.05, 4.69) is 10.3 Å². The predicted molar refractivity (Wildman–Crippen MR) is 143 cm³/mol. The van der Waals surface area contributed by atoms with Gasteiger partial charge >= 0.3 is 0 Å². The number of ketones is 1. The minimum atomic E-state index is -0.611. The van der Waals surface area contributed by atoms with Crippen molar-refractivity contribution in [2.75, 3.05) is 16.0 Å². The van der Waals surface area contributed by atoms with Crippen molar-refractivity contribution in [3.05, 3.63) is 99.4 Å². The number of amidine groups is 1. The zero-order valence-electron chi connectivity index (χ0n) is 18.8. The van der Waals surface area contributed by atoms with Crippen LogP contribution in [0.25, 0.3) is 6.08 Å². The highest BCUT2D eigenvalue weighted by molar-refractivity contribution is 8.14. The third-order valence-corrected chi connectivity index (χ3v) is 6.73. The Kier molecular flexibility index (Phi) is 7.88. The number of Topliss-reactive ketones (excluding diaryl/α,β-unsaturated/α-hetero) is 1. The smallest absolute Gasteiger partial charge is 0.283 e. The number of rotatable bonds is 6. The zero-order valence-corrected chi connectivity index (χ0v) is 21.1. The Hall–Kier alpha value is -3.46. The maximum Gasteiger partial charge on any atom is 0.283 e. The maximum absolute atomic E-state index is 14.6. The topological polar surface area (TPSA) is 78.8 Å². The fraction of sp³-hybridized carbons (Fsp3) is 0.0769. The minimum Gasteiger partial charge on any atom is -0.325 e. The lowest BCUT2D eigenvalue weighted by Crippen LogP contribution is -2.32. The van der Waals surface area contributed by atoms with E-state index in [1.54, 1.807) is 48.5 Å². The molecule has 1 aliphatic rings. The first-order valence-electron chi connectivity index (χ1n) is 10.6. The lowest BCUT2D eigenvalue weighted by Gasteiger charge is -2.18. The molecule has 3 aromatic carbocycles. The number of nitrogens with zero attached hydrogens (tertiary/aromatic N) is 2. The van der Waals surface area contributed by atoms with E-state index in [4.69, 9.17) is 23.2 Å². The van der Waals surface area contributed by atoms with Gasteiger partial charge < -0.3 is 5.32 Å². The molecule has 0 radical (unpaired) electrons. The molecule has 1 aliphatic heterocycles. The molecule has 182 valence electrons. The Morgan fingerprint density at radius 1 is 1.06 bits per heavy atom. The molecule has 0 aliphatic carbocycles. The van der Waals surface area contributed by atoms with Crippen LogP contribution >= 0.6 is 35.0 Å². The van der Waals surface area contributed by atoms with Crippen molar-refractivity contribution in [3.8, 4) is 0 Å². The van der Waals surface area contributed by atoms with Crippen LogP contribution in [0.5, 0.6) is 0 Å². The molecule has 4 rings (SSSR count). The lowest BCUT2D eigenvalue weighted by atomic mass is 10.1. The van der Waals surface area contributed by atoms with Gasteiger partial charge in [-0.3, -0.25) is 19.3 Å². The van der Waals surface area contributed by atoms with Crippen molar-refractivity contribution in [1.82, 2.24) is 0 Å². The van der Waals surface area contributed by atoms with Crippen LogP contribution in [0.15, 0.2) is 77.4 Å². The van der Waals surface area contributed by atoms with Crippen molar-refractivity contribution < 1.29 is 18.8 Å². The predicted octanol–water partition coefficient (Wildman–Crippen LogP) is 6.45. The molecule has 6 nitrogen and oxygen atoms in total. The highest BCUT2D eigenvalue weighted by atomic mass is 35.5. The molecular weight excluding hydrogens is 524 g/mol. The molecule has 0 fully saturated rings. The Bertz CT molecular complexity index is 1440. The normalized spacial score (nSPS) is 14.2. The molecule has 0 saturated carbocycles. The van der Waals surface area contributed by atoms with Gasteiger partial charge in [-0.05, 0) is 55.0 Å². The number of aliphatic imine (C=N–C) groups is 1. The molecule has 0 unspecified atom stereocenters. The van der Waals surface area contributed by atoms with E-state index in [9.17, 15) is 18.8 Å². The highest BCUT2D eigenvalue weighted by Gasteiger charge is 2.34. The number of benzene rings is 3. The van der Waals surface area contributed by atoms with Crippen LogP contribution in [0.4, 0.5) is 15.8 Å². The van der Waals surface area contributed by atoms with Gasteiger partial charge in [-0.1, -0.05) is 65.3 Å². The van der Waals surface area contributed by atoms with Gasteiger partial charge in [-0.2, -0.15) is 0 Å². The van der Waals surface area contributed by atoms with E-state index in [0.717, 1.165) is 16.7 Å². The highest BCUT2D eigenvalue weighted by Crippen LogP contribution is 2.32. The van der Waals surface area contributed by atoms with Crippen LogP contribution in [0, 0.1) is 5.82 Å². The number of para-hydroxylation sites is 1. The molecule has 2 amide bonds. The third kappa shape index (κ3) is 5.84. The van der Waals surface area contributed by atoms with Gasteiger partial charge in [0, 0.05) is 11.3 Å². The molecule has 3 aromatic rings. The number of amides is 2. The lowest BCUT2D eigenvalue weighted by molar-refractivity contribution is -0.114. The van der Waals surface area contributed by atoms with E-state index >= 15 is 0 Å². The van der Waals surface area contributed by atoms with Crippen LogP contribution in [-0.4, -0.2) is 28.5 Å². The second-order valence-electron chi connectivity index (χ2n) is 7.66. The summed E-state index contributed by atoms with van der Waals surface area (Å²) in [6, 6.07) is 17.2. The zero-order chi connectivity index (χ0) is 25.8.